The van der Waals surface area contributed by atoms with Gasteiger partial charge in [0.05, 0.1) is 19.6 Å². The van der Waals surface area contributed by atoms with Crippen molar-refractivity contribution in [3.8, 4) is 5.75 Å². The molecule has 4 N–H and O–H groups in total. The first kappa shape index (κ1) is 20.2. The number of carbonyl (C=O) groups excluding carboxylic acids is 2. The molecular formula is C18H27NO7. The number of hydrogen-bond donors (Lipinski definition) is 4. The van der Waals surface area contributed by atoms with Crippen LogP contribution in [-0.4, -0.2) is 55.0 Å². The second-order valence-electron chi connectivity index (χ2n) is 5.74. The number of ether oxygens (including phenoxy) is 2. The van der Waals surface area contributed by atoms with E-state index in [-0.39, 0.29) is 25.4 Å². The maximum absolute atomic E-state index is 11.7. The summed E-state index contributed by atoms with van der Waals surface area (Å²) in [5.74, 6) is -0.118. The molecule has 1 aromatic rings. The maximum atomic E-state index is 11.7. The summed E-state index contributed by atoms with van der Waals surface area (Å²) in [6, 6.07) is 6.44. The molecule has 0 aromatic heterocycles. The molecule has 146 valence electrons. The molecule has 1 rings (SSSR count). The number of nitrogens with one attached hydrogen (secondary N) is 1. The van der Waals surface area contributed by atoms with Crippen LogP contribution in [0.3, 0.4) is 0 Å². The Balaban J connectivity index is 2.25. The largest absolute Gasteiger partial charge is 0.494 e. The quantitative estimate of drug-likeness (QED) is 0.228. The highest BCUT2D eigenvalue weighted by atomic mass is 16.6. The highest BCUT2D eigenvalue weighted by Gasteiger charge is 2.14. The molecule has 0 radical (unpaired) electrons. The summed E-state index contributed by atoms with van der Waals surface area (Å²) >= 11 is 0. The smallest absolute Gasteiger partial charge is 0.306 e. The average Bonchev–Trinajstić information content (AvgIpc) is 2.66. The number of hydrogen-bond acceptors (Lipinski definition) is 7. The molecule has 1 unspecified atom stereocenters. The molecule has 0 heterocycles. The Morgan fingerprint density at radius 3 is 2.54 bits per heavy atom. The van der Waals surface area contributed by atoms with Crippen molar-refractivity contribution in [3.05, 3.63) is 29.8 Å². The molecular weight excluding hydrogens is 342 g/mol. The van der Waals surface area contributed by atoms with Gasteiger partial charge in [0.2, 0.25) is 7.34 Å². The molecule has 0 spiro atoms. The summed E-state index contributed by atoms with van der Waals surface area (Å²) in [6.45, 7) is 0.414. The van der Waals surface area contributed by atoms with Gasteiger partial charge in [0.1, 0.15) is 11.9 Å². The summed E-state index contributed by atoms with van der Waals surface area (Å²) in [7, 11) is 1.50. The van der Waals surface area contributed by atoms with Crippen LogP contribution >= 0.6 is 0 Å². The second-order valence-corrected chi connectivity index (χ2v) is 5.74. The van der Waals surface area contributed by atoms with Crippen LogP contribution in [0.1, 0.15) is 44.0 Å². The fourth-order valence-corrected chi connectivity index (χ4v) is 2.16. The molecule has 8 nitrogen and oxygen atoms in total. The van der Waals surface area contributed by atoms with E-state index in [1.54, 1.807) is 24.3 Å². The molecule has 0 aliphatic rings. The Morgan fingerprint density at radius 1 is 1.19 bits per heavy atom. The van der Waals surface area contributed by atoms with E-state index >= 15 is 0 Å². The van der Waals surface area contributed by atoms with Gasteiger partial charge in [0, 0.05) is 19.0 Å². The van der Waals surface area contributed by atoms with Crippen molar-refractivity contribution in [2.45, 2.75) is 44.5 Å². The lowest BCUT2D eigenvalue weighted by Crippen LogP contribution is -2.24. The van der Waals surface area contributed by atoms with Crippen molar-refractivity contribution in [3.63, 3.8) is 0 Å². The van der Waals surface area contributed by atoms with Gasteiger partial charge in [-0.1, -0.05) is 12.1 Å². The predicted molar refractivity (Wildman–Crippen MR) is 93.2 cm³/mol. The molecule has 1 amide bonds. The minimum absolute atomic E-state index is 0.0180. The fraction of sp³-hybridized carbons (Fsp3) is 0.556. The number of carbonyl (C=O) groups is 2. The number of aliphatic hydroxyl groups is 3. The van der Waals surface area contributed by atoms with Crippen LogP contribution in [0.4, 0.5) is 0 Å². The third kappa shape index (κ3) is 8.80. The van der Waals surface area contributed by atoms with Gasteiger partial charge in [-0.2, -0.15) is 0 Å². The standard InChI is InChI=1S/C18H27NO7/c1-19-16(21)9-10-17(22)26-15(12-20)4-2-3-11-25-14-7-5-13(6-8-14)18(23)24/h5-8,15,18,20,23-24H,2-4,9-12H2,1H3,(H,19,21)/i20D. The third-order valence-electron chi connectivity index (χ3n) is 3.69. The first-order chi connectivity index (χ1) is 13.0. The van der Waals surface area contributed by atoms with Crippen LogP contribution in [0.5, 0.6) is 5.75 Å². The predicted octanol–water partition coefficient (Wildman–Crippen LogP) is 0.649. The molecule has 26 heavy (non-hydrogen) atoms. The topological polar surface area (TPSA) is 125 Å². The zero-order valence-corrected chi connectivity index (χ0v) is 14.8. The Labute approximate surface area is 154 Å². The van der Waals surface area contributed by atoms with Gasteiger partial charge in [-0.25, -0.2) is 0 Å². The lowest BCUT2D eigenvalue weighted by Gasteiger charge is -2.15. The number of esters is 1. The Hall–Kier alpha value is -2.16. The average molecular weight is 370 g/mol. The van der Waals surface area contributed by atoms with E-state index in [1.165, 1.54) is 7.05 Å². The lowest BCUT2D eigenvalue weighted by molar-refractivity contribution is -0.152. The van der Waals surface area contributed by atoms with E-state index in [4.69, 9.17) is 21.1 Å². The van der Waals surface area contributed by atoms with Gasteiger partial charge in [0.15, 0.2) is 6.29 Å². The first-order valence-electron chi connectivity index (χ1n) is 8.94. The van der Waals surface area contributed by atoms with E-state index in [1.807, 2.05) is 0 Å². The Morgan fingerprint density at radius 2 is 1.92 bits per heavy atom. The third-order valence-corrected chi connectivity index (χ3v) is 3.69. The summed E-state index contributed by atoms with van der Waals surface area (Å²) in [4.78, 5) is 22.8. The van der Waals surface area contributed by atoms with Crippen LogP contribution in [-0.2, 0) is 14.3 Å². The molecule has 1 aromatic carbocycles. The fourth-order valence-electron chi connectivity index (χ4n) is 2.16. The van der Waals surface area contributed by atoms with Crippen LogP contribution < -0.4 is 10.1 Å². The zero-order chi connectivity index (χ0) is 20.1. The van der Waals surface area contributed by atoms with E-state index in [9.17, 15) is 9.59 Å². The van der Waals surface area contributed by atoms with E-state index < -0.39 is 18.4 Å². The van der Waals surface area contributed by atoms with E-state index in [0.29, 0.717) is 37.2 Å². The minimum Gasteiger partial charge on any atom is -0.494 e. The number of amides is 1. The minimum atomic E-state index is -1.51. The van der Waals surface area contributed by atoms with E-state index in [0.717, 1.165) is 0 Å². The highest BCUT2D eigenvalue weighted by Crippen LogP contribution is 2.16. The number of unbranched alkanes of at least 4 members (excludes halogenated alkanes) is 1. The van der Waals surface area contributed by atoms with Crippen molar-refractivity contribution < 1.29 is 34.4 Å². The van der Waals surface area contributed by atoms with Gasteiger partial charge in [-0.05, 0) is 31.4 Å². The Bertz CT molecular complexity index is 565. The van der Waals surface area contributed by atoms with Gasteiger partial charge in [-0.3, -0.25) is 9.59 Å². The zero-order valence-electron chi connectivity index (χ0n) is 15.8. The van der Waals surface area contributed by atoms with Crippen LogP contribution in [0.25, 0.3) is 0 Å². The summed E-state index contributed by atoms with van der Waals surface area (Å²) < 4.78 is 17.6. The van der Waals surface area contributed by atoms with Gasteiger partial charge >= 0.3 is 5.97 Å². The van der Waals surface area contributed by atoms with Gasteiger partial charge in [0.25, 0.3) is 0 Å². The molecule has 1 atom stereocenters. The maximum Gasteiger partial charge on any atom is 0.306 e. The van der Waals surface area contributed by atoms with Crippen molar-refractivity contribution in [2.75, 3.05) is 20.3 Å². The Kier molecular flexibility index (Phi) is 9.48. The molecule has 0 saturated heterocycles. The number of rotatable bonds is 13. The monoisotopic (exact) mass is 370 g/mol. The highest BCUT2D eigenvalue weighted by molar-refractivity contribution is 5.81. The summed E-state index contributed by atoms with van der Waals surface area (Å²) in [5.41, 5.74) is 0.388. The molecule has 0 aliphatic carbocycles. The molecule has 0 saturated carbocycles. The normalized spacial score (nSPS) is 12.4. The van der Waals surface area contributed by atoms with Gasteiger partial charge < -0.3 is 30.1 Å². The SMILES string of the molecule is [2H]OCC(CCCCOc1ccc(C(O)O)cc1)OC(=O)CCC(=O)NC. The van der Waals surface area contributed by atoms with Crippen LogP contribution in [0.2, 0.25) is 0 Å². The molecule has 8 heteroatoms. The number of aliphatic hydroxyl groups excluding tert-OH is 2. The molecule has 0 bridgehead atoms. The summed E-state index contributed by atoms with van der Waals surface area (Å²) in [6.07, 6.45) is -0.0820. The first-order valence-corrected chi connectivity index (χ1v) is 8.53. The molecule has 0 aliphatic heterocycles. The van der Waals surface area contributed by atoms with Gasteiger partial charge in [-0.15, -0.1) is 0 Å². The second kappa shape index (κ2) is 12.2. The van der Waals surface area contributed by atoms with Crippen LogP contribution in [0.15, 0.2) is 24.3 Å². The van der Waals surface area contributed by atoms with Crippen molar-refractivity contribution in [2.24, 2.45) is 0 Å². The van der Waals surface area contributed by atoms with E-state index in [2.05, 4.69) is 10.4 Å². The van der Waals surface area contributed by atoms with Crippen molar-refractivity contribution in [1.82, 2.24) is 5.32 Å². The number of benzene rings is 1. The van der Waals surface area contributed by atoms with Crippen molar-refractivity contribution >= 4 is 11.9 Å². The van der Waals surface area contributed by atoms with Crippen LogP contribution in [0, 0.1) is 0 Å². The van der Waals surface area contributed by atoms with Crippen molar-refractivity contribution in [1.29, 1.82) is 1.43 Å². The lowest BCUT2D eigenvalue weighted by atomic mass is 10.1. The molecule has 0 fully saturated rings. The summed E-state index contributed by atoms with van der Waals surface area (Å²) in [5, 5.41) is 24.8.